The molecule has 0 aliphatic heterocycles. The summed E-state index contributed by atoms with van der Waals surface area (Å²) < 4.78 is 14.2. The molecule has 0 saturated heterocycles. The molecule has 0 unspecified atom stereocenters. The molecule has 0 radical (unpaired) electrons. The quantitative estimate of drug-likeness (QED) is 0.718. The Kier molecular flexibility index (Phi) is 4.94. The van der Waals surface area contributed by atoms with Crippen LogP contribution in [0.4, 0.5) is 10.1 Å². The largest absolute Gasteiger partial charge is 0.322 e. The van der Waals surface area contributed by atoms with Crippen molar-refractivity contribution < 1.29 is 9.18 Å². The molecule has 1 N–H and O–H groups in total. The fourth-order valence-corrected chi connectivity index (χ4v) is 2.66. The summed E-state index contributed by atoms with van der Waals surface area (Å²) in [7, 11) is 0. The van der Waals surface area contributed by atoms with Crippen LogP contribution in [0.3, 0.4) is 0 Å². The number of hydrogen-bond acceptors (Lipinski definition) is 1. The molecule has 0 aliphatic rings. The molecule has 2 nitrogen and oxygen atoms in total. The molecule has 0 saturated carbocycles. The molecule has 0 fully saturated rings. The molecular weight excluding hydrogens is 389 g/mol. The highest BCUT2D eigenvalue weighted by molar-refractivity contribution is 9.10. The molecule has 0 aliphatic carbocycles. The third kappa shape index (κ3) is 3.27. The summed E-state index contributed by atoms with van der Waals surface area (Å²) in [6, 6.07) is 9.75. The zero-order valence-corrected chi connectivity index (χ0v) is 13.9. The predicted octanol–water partition coefficient (Wildman–Crippen LogP) is 5.04. The molecule has 0 heterocycles. The molecule has 2 rings (SSSR count). The third-order valence-corrected chi connectivity index (χ3v) is 4.44. The van der Waals surface area contributed by atoms with Gasteiger partial charge in [0, 0.05) is 21.1 Å². The molecule has 1 amide bonds. The highest BCUT2D eigenvalue weighted by Crippen LogP contribution is 2.24. The van der Waals surface area contributed by atoms with Crippen LogP contribution in [0.2, 0.25) is 0 Å². The van der Waals surface area contributed by atoms with Crippen LogP contribution in [0, 0.1) is 12.7 Å². The molecule has 2 aromatic carbocycles. The molecular formula is C15H12Br2FNO. The Bertz CT molecular complexity index is 658. The van der Waals surface area contributed by atoms with E-state index in [1.807, 2.05) is 25.1 Å². The monoisotopic (exact) mass is 399 g/mol. The number of carbonyl (C=O) groups is 1. The smallest absolute Gasteiger partial charge is 0.256 e. The van der Waals surface area contributed by atoms with Crippen LogP contribution in [0.25, 0.3) is 0 Å². The van der Waals surface area contributed by atoms with Crippen molar-refractivity contribution in [1.82, 2.24) is 0 Å². The van der Waals surface area contributed by atoms with Crippen LogP contribution < -0.4 is 5.32 Å². The van der Waals surface area contributed by atoms with E-state index in [0.717, 1.165) is 15.6 Å². The SMILES string of the molecule is Cc1c(Br)cccc1NC(=O)c1cc(F)ccc1CBr. The summed E-state index contributed by atoms with van der Waals surface area (Å²) in [5.41, 5.74) is 2.71. The summed E-state index contributed by atoms with van der Waals surface area (Å²) in [5, 5.41) is 3.31. The van der Waals surface area contributed by atoms with Gasteiger partial charge in [0.1, 0.15) is 5.82 Å². The molecule has 20 heavy (non-hydrogen) atoms. The van der Waals surface area contributed by atoms with Crippen LogP contribution in [-0.2, 0) is 5.33 Å². The Morgan fingerprint density at radius 2 is 2.05 bits per heavy atom. The summed E-state index contributed by atoms with van der Waals surface area (Å²) in [6.45, 7) is 1.90. The minimum atomic E-state index is -0.425. The molecule has 104 valence electrons. The predicted molar refractivity (Wildman–Crippen MR) is 85.9 cm³/mol. The zero-order valence-electron chi connectivity index (χ0n) is 10.7. The van der Waals surface area contributed by atoms with Crippen molar-refractivity contribution in [3.63, 3.8) is 0 Å². The van der Waals surface area contributed by atoms with Crippen molar-refractivity contribution >= 4 is 43.5 Å². The van der Waals surface area contributed by atoms with Gasteiger partial charge in [0.2, 0.25) is 0 Å². The number of rotatable bonds is 3. The van der Waals surface area contributed by atoms with Crippen molar-refractivity contribution in [2.45, 2.75) is 12.3 Å². The van der Waals surface area contributed by atoms with Gasteiger partial charge in [-0.1, -0.05) is 44.0 Å². The second-order valence-electron chi connectivity index (χ2n) is 4.30. The van der Waals surface area contributed by atoms with E-state index in [2.05, 4.69) is 37.2 Å². The Balaban J connectivity index is 2.33. The van der Waals surface area contributed by atoms with Crippen LogP contribution >= 0.6 is 31.9 Å². The molecule has 0 bridgehead atoms. The topological polar surface area (TPSA) is 29.1 Å². The molecule has 0 aromatic heterocycles. The molecule has 0 atom stereocenters. The molecule has 5 heteroatoms. The van der Waals surface area contributed by atoms with Gasteiger partial charge in [0.25, 0.3) is 5.91 Å². The van der Waals surface area contributed by atoms with Crippen LogP contribution in [0.15, 0.2) is 40.9 Å². The van der Waals surface area contributed by atoms with E-state index in [4.69, 9.17) is 0 Å². The van der Waals surface area contributed by atoms with Crippen LogP contribution in [0.1, 0.15) is 21.5 Å². The minimum Gasteiger partial charge on any atom is -0.322 e. The lowest BCUT2D eigenvalue weighted by atomic mass is 10.1. The Morgan fingerprint density at radius 1 is 1.30 bits per heavy atom. The summed E-state index contributed by atoms with van der Waals surface area (Å²) >= 11 is 6.72. The van der Waals surface area contributed by atoms with Gasteiger partial charge >= 0.3 is 0 Å². The number of carbonyl (C=O) groups excluding carboxylic acids is 1. The van der Waals surface area contributed by atoms with Crippen molar-refractivity contribution in [3.05, 3.63) is 63.4 Å². The first-order valence-corrected chi connectivity index (χ1v) is 7.85. The summed E-state index contributed by atoms with van der Waals surface area (Å²) in [6.07, 6.45) is 0. The van der Waals surface area contributed by atoms with Gasteiger partial charge in [0.05, 0.1) is 0 Å². The van der Waals surface area contributed by atoms with E-state index in [-0.39, 0.29) is 5.91 Å². The van der Waals surface area contributed by atoms with Gasteiger partial charge in [-0.25, -0.2) is 4.39 Å². The lowest BCUT2D eigenvalue weighted by molar-refractivity contribution is 0.102. The second kappa shape index (κ2) is 6.50. The average Bonchev–Trinajstić information content (AvgIpc) is 2.43. The van der Waals surface area contributed by atoms with Crippen LogP contribution in [-0.4, -0.2) is 5.91 Å². The Labute approximate surface area is 133 Å². The van der Waals surface area contributed by atoms with E-state index in [1.165, 1.54) is 12.1 Å². The fourth-order valence-electron chi connectivity index (χ4n) is 1.81. The number of nitrogens with one attached hydrogen (secondary N) is 1. The first kappa shape index (κ1) is 15.2. The van der Waals surface area contributed by atoms with Gasteiger partial charge in [-0.3, -0.25) is 4.79 Å². The standard InChI is InChI=1S/C15H12Br2FNO/c1-9-13(17)3-2-4-14(9)19-15(20)12-7-11(18)6-5-10(12)8-16/h2-7H,8H2,1H3,(H,19,20). The van der Waals surface area contributed by atoms with Crippen molar-refractivity contribution in [1.29, 1.82) is 0 Å². The van der Waals surface area contributed by atoms with Gasteiger partial charge < -0.3 is 5.32 Å². The summed E-state index contributed by atoms with van der Waals surface area (Å²) in [4.78, 5) is 12.3. The van der Waals surface area contributed by atoms with Gasteiger partial charge in [-0.05, 0) is 42.3 Å². The van der Waals surface area contributed by atoms with Crippen molar-refractivity contribution in [2.75, 3.05) is 5.32 Å². The first-order valence-electron chi connectivity index (χ1n) is 5.93. The molecule has 2 aromatic rings. The third-order valence-electron chi connectivity index (χ3n) is 2.98. The lowest BCUT2D eigenvalue weighted by Crippen LogP contribution is -2.15. The van der Waals surface area contributed by atoms with Gasteiger partial charge in [-0.2, -0.15) is 0 Å². The van der Waals surface area contributed by atoms with Crippen molar-refractivity contribution in [3.8, 4) is 0 Å². The normalized spacial score (nSPS) is 10.4. The lowest BCUT2D eigenvalue weighted by Gasteiger charge is -2.11. The average molecular weight is 401 g/mol. The minimum absolute atomic E-state index is 0.319. The number of benzene rings is 2. The number of alkyl halides is 1. The number of amides is 1. The maximum absolute atomic E-state index is 13.3. The van der Waals surface area contributed by atoms with Gasteiger partial charge in [0.15, 0.2) is 0 Å². The fraction of sp³-hybridized carbons (Fsp3) is 0.133. The highest BCUT2D eigenvalue weighted by atomic mass is 79.9. The zero-order chi connectivity index (χ0) is 14.7. The van der Waals surface area contributed by atoms with Gasteiger partial charge in [-0.15, -0.1) is 0 Å². The maximum atomic E-state index is 13.3. The number of hydrogen-bond donors (Lipinski definition) is 1. The van der Waals surface area contributed by atoms with E-state index in [1.54, 1.807) is 6.07 Å². The second-order valence-corrected chi connectivity index (χ2v) is 5.72. The molecule has 0 spiro atoms. The Hall–Kier alpha value is -1.20. The van der Waals surface area contributed by atoms with Crippen molar-refractivity contribution in [2.24, 2.45) is 0 Å². The maximum Gasteiger partial charge on any atom is 0.256 e. The van der Waals surface area contributed by atoms with E-state index in [9.17, 15) is 9.18 Å². The van der Waals surface area contributed by atoms with Crippen LogP contribution in [0.5, 0.6) is 0 Å². The summed E-state index contributed by atoms with van der Waals surface area (Å²) in [5.74, 6) is -0.744. The number of anilines is 1. The van der Waals surface area contributed by atoms with E-state index in [0.29, 0.717) is 16.6 Å². The van der Waals surface area contributed by atoms with E-state index < -0.39 is 5.82 Å². The number of halogens is 3. The first-order chi connectivity index (χ1) is 9.52. The Morgan fingerprint density at radius 3 is 2.75 bits per heavy atom. The van der Waals surface area contributed by atoms with E-state index >= 15 is 0 Å². The highest BCUT2D eigenvalue weighted by Gasteiger charge is 2.13.